The number of carbonyl (C=O) groups is 1. The molecule has 27 heavy (non-hydrogen) atoms. The molecule has 4 nitrogen and oxygen atoms in total. The maximum Gasteiger partial charge on any atom is 0.223 e. The first-order chi connectivity index (χ1) is 13.1. The molecule has 0 saturated heterocycles. The van der Waals surface area contributed by atoms with Crippen molar-refractivity contribution in [3.8, 4) is 0 Å². The lowest BCUT2D eigenvalue weighted by Crippen LogP contribution is -2.28. The first-order valence-corrected chi connectivity index (χ1v) is 9.49. The lowest BCUT2D eigenvalue weighted by molar-refractivity contribution is -0.130. The molecule has 0 radical (unpaired) electrons. The number of hydrogen-bond donors (Lipinski definition) is 0. The molecule has 4 rings (SSSR count). The lowest BCUT2D eigenvalue weighted by atomic mass is 9.85. The normalized spacial score (nSPS) is 13.6. The van der Waals surface area contributed by atoms with Crippen LogP contribution in [0, 0.1) is 0 Å². The Kier molecular flexibility index (Phi) is 4.80. The van der Waals surface area contributed by atoms with Gasteiger partial charge in [0, 0.05) is 44.7 Å². The molecule has 0 aliphatic heterocycles. The van der Waals surface area contributed by atoms with Crippen LogP contribution >= 0.6 is 0 Å². The minimum atomic E-state index is 0.115. The number of nitrogens with zero attached hydrogens (tertiary/aromatic N) is 3. The van der Waals surface area contributed by atoms with Gasteiger partial charge >= 0.3 is 0 Å². The molecule has 0 atom stereocenters. The van der Waals surface area contributed by atoms with Crippen molar-refractivity contribution >= 4 is 5.91 Å². The fraction of sp³-hybridized carbons (Fsp3) is 0.304. The molecule has 1 amide bonds. The molecule has 4 heteroatoms. The summed E-state index contributed by atoms with van der Waals surface area (Å²) < 4.78 is 1.77. The van der Waals surface area contributed by atoms with Crippen LogP contribution in [-0.2, 0) is 31.2 Å². The molecule has 0 bridgehead atoms. The Bertz CT molecular complexity index is 912. The van der Waals surface area contributed by atoms with E-state index in [9.17, 15) is 4.79 Å². The van der Waals surface area contributed by atoms with Crippen molar-refractivity contribution in [3.05, 3.63) is 88.7 Å². The molecule has 1 heterocycles. The van der Waals surface area contributed by atoms with Gasteiger partial charge in [-0.3, -0.25) is 9.48 Å². The van der Waals surface area contributed by atoms with E-state index < -0.39 is 0 Å². The molecule has 0 saturated carbocycles. The zero-order chi connectivity index (χ0) is 18.8. The molecular formula is C23H25N3O. The van der Waals surface area contributed by atoms with E-state index in [0.29, 0.717) is 13.0 Å². The number of aromatic nitrogens is 2. The highest BCUT2D eigenvalue weighted by atomic mass is 16.2. The van der Waals surface area contributed by atoms with E-state index >= 15 is 0 Å². The SMILES string of the molecule is CN(Cc1cnn(C)c1)C(=O)CC1c2ccccc2CCc2ccccc21. The number of benzene rings is 2. The molecule has 1 aromatic heterocycles. The van der Waals surface area contributed by atoms with E-state index in [1.54, 1.807) is 4.68 Å². The first-order valence-electron chi connectivity index (χ1n) is 9.49. The van der Waals surface area contributed by atoms with Gasteiger partial charge in [0.25, 0.3) is 0 Å². The van der Waals surface area contributed by atoms with Crippen LogP contribution in [0.3, 0.4) is 0 Å². The predicted octanol–water partition coefficient (Wildman–Crippen LogP) is 3.70. The van der Waals surface area contributed by atoms with Gasteiger partial charge in [-0.15, -0.1) is 0 Å². The van der Waals surface area contributed by atoms with E-state index in [2.05, 4.69) is 53.6 Å². The van der Waals surface area contributed by atoms with Crippen LogP contribution in [0.5, 0.6) is 0 Å². The van der Waals surface area contributed by atoms with Crippen molar-refractivity contribution in [2.45, 2.75) is 31.7 Å². The summed E-state index contributed by atoms with van der Waals surface area (Å²) in [6, 6.07) is 17.2. The van der Waals surface area contributed by atoms with Crippen molar-refractivity contribution in [2.24, 2.45) is 7.05 Å². The molecule has 0 spiro atoms. The van der Waals surface area contributed by atoms with Crippen LogP contribution in [0.15, 0.2) is 60.9 Å². The van der Waals surface area contributed by atoms with Gasteiger partial charge < -0.3 is 4.90 Å². The van der Waals surface area contributed by atoms with Gasteiger partial charge in [-0.2, -0.15) is 5.10 Å². The number of carbonyl (C=O) groups excluding carboxylic acids is 1. The van der Waals surface area contributed by atoms with Gasteiger partial charge in [-0.05, 0) is 35.1 Å². The first kappa shape index (κ1) is 17.5. The van der Waals surface area contributed by atoms with Crippen LogP contribution in [0.1, 0.15) is 40.2 Å². The Hall–Kier alpha value is -2.88. The van der Waals surface area contributed by atoms with E-state index in [4.69, 9.17) is 0 Å². The zero-order valence-electron chi connectivity index (χ0n) is 15.9. The van der Waals surface area contributed by atoms with Crippen LogP contribution in [-0.4, -0.2) is 27.6 Å². The van der Waals surface area contributed by atoms with Crippen molar-refractivity contribution in [2.75, 3.05) is 7.05 Å². The third-order valence-electron chi connectivity index (χ3n) is 5.51. The number of amides is 1. The second kappa shape index (κ2) is 7.39. The summed E-state index contributed by atoms with van der Waals surface area (Å²) in [6.45, 7) is 0.586. The average Bonchev–Trinajstić information content (AvgIpc) is 3.02. The monoisotopic (exact) mass is 359 g/mol. The van der Waals surface area contributed by atoms with Crippen molar-refractivity contribution in [1.82, 2.24) is 14.7 Å². The van der Waals surface area contributed by atoms with Crippen molar-refractivity contribution in [3.63, 3.8) is 0 Å². The summed E-state index contributed by atoms with van der Waals surface area (Å²) in [6.07, 6.45) is 6.33. The molecular weight excluding hydrogens is 334 g/mol. The summed E-state index contributed by atoms with van der Waals surface area (Å²) in [7, 11) is 3.77. The minimum absolute atomic E-state index is 0.115. The number of hydrogen-bond acceptors (Lipinski definition) is 2. The van der Waals surface area contributed by atoms with Crippen LogP contribution in [0.25, 0.3) is 0 Å². The molecule has 0 fully saturated rings. The van der Waals surface area contributed by atoms with Gasteiger partial charge in [-0.25, -0.2) is 0 Å². The van der Waals surface area contributed by atoms with Gasteiger partial charge in [0.2, 0.25) is 5.91 Å². The van der Waals surface area contributed by atoms with E-state index in [-0.39, 0.29) is 11.8 Å². The maximum atomic E-state index is 13.1. The molecule has 138 valence electrons. The Labute approximate surface area is 160 Å². The molecule has 3 aromatic rings. The molecule has 1 aliphatic carbocycles. The number of rotatable bonds is 4. The standard InChI is InChI=1S/C23H25N3O/c1-25(15-17-14-24-26(2)16-17)23(27)13-22-20-9-5-3-7-18(20)11-12-19-8-4-6-10-21(19)22/h3-10,14,16,22H,11-13,15H2,1-2H3. The quantitative estimate of drug-likeness (QED) is 0.712. The molecule has 0 N–H and O–H groups in total. The third kappa shape index (κ3) is 3.65. The highest BCUT2D eigenvalue weighted by Crippen LogP contribution is 2.36. The molecule has 1 aliphatic rings. The van der Waals surface area contributed by atoms with Crippen LogP contribution in [0.2, 0.25) is 0 Å². The van der Waals surface area contributed by atoms with Crippen molar-refractivity contribution in [1.29, 1.82) is 0 Å². The molecule has 2 aromatic carbocycles. The highest BCUT2D eigenvalue weighted by Gasteiger charge is 2.26. The Morgan fingerprint density at radius 1 is 1.07 bits per heavy atom. The summed E-state index contributed by atoms with van der Waals surface area (Å²) in [5.41, 5.74) is 6.37. The summed E-state index contributed by atoms with van der Waals surface area (Å²) in [5.74, 6) is 0.277. The Balaban J connectivity index is 1.61. The Morgan fingerprint density at radius 3 is 2.22 bits per heavy atom. The van der Waals surface area contributed by atoms with Crippen LogP contribution < -0.4 is 0 Å². The van der Waals surface area contributed by atoms with Gasteiger partial charge in [-0.1, -0.05) is 48.5 Å². The Morgan fingerprint density at radius 2 is 1.67 bits per heavy atom. The topological polar surface area (TPSA) is 38.1 Å². The predicted molar refractivity (Wildman–Crippen MR) is 106 cm³/mol. The second-order valence-corrected chi connectivity index (χ2v) is 7.43. The fourth-order valence-electron chi connectivity index (χ4n) is 4.11. The number of aryl methyl sites for hydroxylation is 3. The van der Waals surface area contributed by atoms with E-state index in [0.717, 1.165) is 18.4 Å². The van der Waals surface area contributed by atoms with Crippen molar-refractivity contribution < 1.29 is 4.79 Å². The zero-order valence-corrected chi connectivity index (χ0v) is 15.9. The average molecular weight is 359 g/mol. The smallest absolute Gasteiger partial charge is 0.223 e. The largest absolute Gasteiger partial charge is 0.341 e. The minimum Gasteiger partial charge on any atom is -0.341 e. The fourth-order valence-corrected chi connectivity index (χ4v) is 4.11. The lowest BCUT2D eigenvalue weighted by Gasteiger charge is -2.23. The highest BCUT2D eigenvalue weighted by molar-refractivity contribution is 5.78. The van der Waals surface area contributed by atoms with Crippen LogP contribution in [0.4, 0.5) is 0 Å². The van der Waals surface area contributed by atoms with Gasteiger partial charge in [0.15, 0.2) is 0 Å². The van der Waals surface area contributed by atoms with Gasteiger partial charge in [0.05, 0.1) is 6.20 Å². The third-order valence-corrected chi connectivity index (χ3v) is 5.51. The maximum absolute atomic E-state index is 13.1. The van der Waals surface area contributed by atoms with E-state index in [1.165, 1.54) is 22.3 Å². The summed E-state index contributed by atoms with van der Waals surface area (Å²) >= 11 is 0. The number of fused-ring (bicyclic) bond motifs is 2. The summed E-state index contributed by atoms with van der Waals surface area (Å²) in [4.78, 5) is 14.9. The van der Waals surface area contributed by atoms with Gasteiger partial charge in [0.1, 0.15) is 0 Å². The molecule has 0 unspecified atom stereocenters. The second-order valence-electron chi connectivity index (χ2n) is 7.43. The van der Waals surface area contributed by atoms with E-state index in [1.807, 2.05) is 31.4 Å². The summed E-state index contributed by atoms with van der Waals surface area (Å²) in [5, 5.41) is 4.20.